The Morgan fingerprint density at radius 2 is 1.80 bits per heavy atom. The van der Waals surface area contributed by atoms with Gasteiger partial charge < -0.3 is 19.4 Å². The second-order valence-electron chi connectivity index (χ2n) is 16.3. The van der Waals surface area contributed by atoms with Gasteiger partial charge in [-0.1, -0.05) is 88.0 Å². The van der Waals surface area contributed by atoms with E-state index in [4.69, 9.17) is 14.1 Å². The number of nitrogens with one attached hydrogen (secondary N) is 1. The monoisotopic (exact) mass is 722 g/mol. The van der Waals surface area contributed by atoms with E-state index in [0.717, 1.165) is 56.5 Å². The number of hydrogen-bond acceptors (Lipinski definition) is 8. The molecule has 49 heavy (non-hydrogen) atoms. The molecule has 0 unspecified atom stereocenters. The Labute approximate surface area is 303 Å². The quantitative estimate of drug-likeness (QED) is 0.0660. The van der Waals surface area contributed by atoms with Crippen molar-refractivity contribution < 1.29 is 23.5 Å². The van der Waals surface area contributed by atoms with Crippen LogP contribution in [0.25, 0.3) is 0 Å². The van der Waals surface area contributed by atoms with Gasteiger partial charge in [-0.3, -0.25) is 14.5 Å². The van der Waals surface area contributed by atoms with Crippen LogP contribution in [0.1, 0.15) is 142 Å². The fourth-order valence-electron chi connectivity index (χ4n) is 6.30. The molecule has 1 aliphatic rings. The summed E-state index contributed by atoms with van der Waals surface area (Å²) >= 11 is 1.41. The lowest BCUT2D eigenvalue weighted by molar-refractivity contribution is -0.148. The zero-order valence-electron chi connectivity index (χ0n) is 33.2. The lowest BCUT2D eigenvalue weighted by Crippen LogP contribution is -2.56. The zero-order chi connectivity index (χ0) is 37.1. The highest BCUT2D eigenvalue weighted by molar-refractivity contribution is 7.09. The number of piperidine rings is 1. The van der Waals surface area contributed by atoms with Crippen LogP contribution in [-0.2, 0) is 18.8 Å². The van der Waals surface area contributed by atoms with Gasteiger partial charge in [-0.2, -0.15) is 0 Å². The van der Waals surface area contributed by atoms with Crippen LogP contribution in [0.5, 0.6) is 0 Å². The molecule has 0 aromatic carbocycles. The van der Waals surface area contributed by atoms with Crippen LogP contribution in [0.2, 0.25) is 18.1 Å². The molecule has 2 rings (SSSR count). The zero-order valence-corrected chi connectivity index (χ0v) is 35.0. The molecule has 0 spiro atoms. The number of rotatable bonds is 19. The van der Waals surface area contributed by atoms with E-state index in [2.05, 4.69) is 85.7 Å². The molecule has 6 atom stereocenters. The smallest absolute Gasteiger partial charge is 0.357 e. The van der Waals surface area contributed by atoms with Gasteiger partial charge >= 0.3 is 5.97 Å². The summed E-state index contributed by atoms with van der Waals surface area (Å²) in [4.78, 5) is 50.7. The van der Waals surface area contributed by atoms with Crippen LogP contribution in [0, 0.1) is 23.7 Å². The highest BCUT2D eigenvalue weighted by Gasteiger charge is 2.44. The Kier molecular flexibility index (Phi) is 17.4. The van der Waals surface area contributed by atoms with Crippen molar-refractivity contribution in [1.29, 1.82) is 0 Å². The number of likely N-dealkylation sites (tertiary alicyclic amines) is 1. The summed E-state index contributed by atoms with van der Waals surface area (Å²) in [7, 11) is -0.250. The lowest BCUT2D eigenvalue weighted by Gasteiger charge is -2.43. The van der Waals surface area contributed by atoms with Crippen molar-refractivity contribution >= 4 is 37.4 Å². The summed E-state index contributed by atoms with van der Waals surface area (Å²) in [5.74, 6) is -0.980. The Morgan fingerprint density at radius 3 is 2.37 bits per heavy atom. The van der Waals surface area contributed by atoms with Gasteiger partial charge in [-0.05, 0) is 75.5 Å². The van der Waals surface area contributed by atoms with E-state index >= 15 is 0 Å². The number of carbonyl (C=O) groups is 3. The van der Waals surface area contributed by atoms with Crippen LogP contribution in [0.15, 0.2) is 5.38 Å². The van der Waals surface area contributed by atoms with Gasteiger partial charge in [0.2, 0.25) is 11.8 Å². The average Bonchev–Trinajstić information content (AvgIpc) is 3.51. The number of esters is 1. The van der Waals surface area contributed by atoms with Crippen LogP contribution >= 0.6 is 11.3 Å². The molecular formula is C38H70N4O5SSi. The van der Waals surface area contributed by atoms with Crippen molar-refractivity contribution in [1.82, 2.24) is 20.1 Å². The number of ether oxygens (including phenoxy) is 1. The molecule has 1 aliphatic heterocycles. The maximum absolute atomic E-state index is 15.0. The SMILES string of the molecule is CCCCCCN(C(=O)[C@H](C(=O)N[C@H]1C[C@H](C)CCN1C)[C@@H](C)CC)[C@H](C[C@@H](O[Si](C)(C)C(C)(C)C)c1nc(C(=O)OCC)cs1)C(C)C. The van der Waals surface area contributed by atoms with E-state index in [9.17, 15) is 14.4 Å². The molecule has 0 bridgehead atoms. The molecule has 11 heteroatoms. The molecule has 9 nitrogen and oxygen atoms in total. The minimum atomic E-state index is -2.31. The van der Waals surface area contributed by atoms with E-state index in [1.165, 1.54) is 11.3 Å². The van der Waals surface area contributed by atoms with Gasteiger partial charge in [-0.15, -0.1) is 11.3 Å². The van der Waals surface area contributed by atoms with Crippen molar-refractivity contribution in [2.24, 2.45) is 23.7 Å². The predicted molar refractivity (Wildman–Crippen MR) is 204 cm³/mol. The number of hydrogen-bond donors (Lipinski definition) is 1. The lowest BCUT2D eigenvalue weighted by atomic mass is 9.86. The highest BCUT2D eigenvalue weighted by Crippen LogP contribution is 2.42. The maximum atomic E-state index is 15.0. The van der Waals surface area contributed by atoms with E-state index in [-0.39, 0.29) is 53.2 Å². The first kappa shape index (κ1) is 43.3. The van der Waals surface area contributed by atoms with Gasteiger partial charge in [0.15, 0.2) is 14.0 Å². The molecule has 1 fully saturated rings. The average molecular weight is 723 g/mol. The van der Waals surface area contributed by atoms with Gasteiger partial charge in [0.05, 0.1) is 18.9 Å². The molecular weight excluding hydrogens is 653 g/mol. The fraction of sp³-hybridized carbons (Fsp3) is 0.842. The summed E-state index contributed by atoms with van der Waals surface area (Å²) in [5, 5.41) is 5.72. The second kappa shape index (κ2) is 19.7. The van der Waals surface area contributed by atoms with E-state index in [1.54, 1.807) is 12.3 Å². The number of aromatic nitrogens is 1. The Hall–Kier alpha value is -1.82. The Bertz CT molecular complexity index is 1190. The summed E-state index contributed by atoms with van der Waals surface area (Å²) in [6.45, 7) is 27.5. The second-order valence-corrected chi connectivity index (χ2v) is 21.9. The number of carbonyl (C=O) groups excluding carboxylic acids is 3. The van der Waals surface area contributed by atoms with Crippen molar-refractivity contribution in [2.45, 2.75) is 157 Å². The van der Waals surface area contributed by atoms with Gasteiger partial charge in [-0.25, -0.2) is 9.78 Å². The van der Waals surface area contributed by atoms with Crippen LogP contribution in [0.3, 0.4) is 0 Å². The molecule has 0 radical (unpaired) electrons. The van der Waals surface area contributed by atoms with E-state index in [0.29, 0.717) is 18.9 Å². The standard InChI is InChI=1S/C38H70N4O5SSi/c1-14-17-18-19-21-42(36(44)33(28(7)15-2)34(43)40-32-23-27(6)20-22-41(32)11)30(26(4)5)24-31(47-49(12,13)38(8,9)10)35-39-29(25-48-35)37(45)46-16-3/h25-28,30-33H,14-24H2,1-13H3,(H,40,43)/t27-,28+,30-,31-,32-,33+/m1/s1. The molecule has 1 N–H and O–H groups in total. The number of amides is 2. The molecule has 282 valence electrons. The first-order valence-electron chi connectivity index (χ1n) is 19.0. The molecule has 1 aromatic rings. The topological polar surface area (TPSA) is 101 Å². The number of thiazole rings is 1. The first-order chi connectivity index (χ1) is 22.9. The summed E-state index contributed by atoms with van der Waals surface area (Å²) in [6, 6.07) is -0.199. The Balaban J connectivity index is 2.58. The van der Waals surface area contributed by atoms with Crippen LogP contribution in [-0.4, -0.2) is 79.8 Å². The van der Waals surface area contributed by atoms with Gasteiger partial charge in [0, 0.05) is 24.5 Å². The van der Waals surface area contributed by atoms with Crippen molar-refractivity contribution in [3.05, 3.63) is 16.1 Å². The van der Waals surface area contributed by atoms with Crippen LogP contribution < -0.4 is 5.32 Å². The number of unbranched alkanes of at least 4 members (excludes halogenated alkanes) is 3. The summed E-state index contributed by atoms with van der Waals surface area (Å²) < 4.78 is 12.4. The molecule has 0 aliphatic carbocycles. The predicted octanol–water partition coefficient (Wildman–Crippen LogP) is 8.67. The minimum absolute atomic E-state index is 0.0566. The van der Waals surface area contributed by atoms with E-state index < -0.39 is 26.3 Å². The van der Waals surface area contributed by atoms with Gasteiger partial charge in [0.25, 0.3) is 0 Å². The number of nitrogens with zero attached hydrogens (tertiary/aromatic N) is 3. The molecule has 2 amide bonds. The maximum Gasteiger partial charge on any atom is 0.357 e. The first-order valence-corrected chi connectivity index (χ1v) is 22.8. The summed E-state index contributed by atoms with van der Waals surface area (Å²) in [6.07, 6.45) is 6.85. The highest BCUT2D eigenvalue weighted by atomic mass is 32.1. The normalized spacial score (nSPS) is 20.0. The van der Waals surface area contributed by atoms with Crippen molar-refractivity contribution in [3.8, 4) is 0 Å². The third-order valence-corrected chi connectivity index (χ3v) is 16.3. The molecule has 2 heterocycles. The summed E-state index contributed by atoms with van der Waals surface area (Å²) in [5.41, 5.74) is 0.287. The molecule has 1 aromatic heterocycles. The van der Waals surface area contributed by atoms with Gasteiger partial charge in [0.1, 0.15) is 10.9 Å². The largest absolute Gasteiger partial charge is 0.461 e. The van der Waals surface area contributed by atoms with E-state index in [1.807, 2.05) is 11.8 Å². The van der Waals surface area contributed by atoms with Crippen molar-refractivity contribution in [3.63, 3.8) is 0 Å². The minimum Gasteiger partial charge on any atom is -0.461 e. The third kappa shape index (κ3) is 12.4. The van der Waals surface area contributed by atoms with Crippen molar-refractivity contribution in [2.75, 3.05) is 26.7 Å². The molecule has 0 saturated carbocycles. The Morgan fingerprint density at radius 1 is 1.12 bits per heavy atom. The molecule has 1 saturated heterocycles. The fourth-order valence-corrected chi connectivity index (χ4v) is 8.49. The third-order valence-electron chi connectivity index (χ3n) is 10.9. The van der Waals surface area contributed by atoms with Crippen LogP contribution in [0.4, 0.5) is 0 Å².